The first-order valence-corrected chi connectivity index (χ1v) is 8.07. The number of imide groups is 1. The second-order valence-corrected chi connectivity index (χ2v) is 6.17. The average Bonchev–Trinajstić information content (AvgIpc) is 3.05. The number of rotatable bonds is 5. The minimum atomic E-state index is -0.420. The Kier molecular flexibility index (Phi) is 4.20. The van der Waals surface area contributed by atoms with Gasteiger partial charge < -0.3 is 5.32 Å². The van der Waals surface area contributed by atoms with E-state index in [1.165, 1.54) is 0 Å². The molecular formula is C16H15N3O3S. The molecule has 0 bridgehead atoms. The van der Waals surface area contributed by atoms with Gasteiger partial charge in [0.25, 0.3) is 11.8 Å². The topological polar surface area (TPSA) is 79.4 Å². The summed E-state index contributed by atoms with van der Waals surface area (Å²) in [5.41, 5.74) is 1.66. The predicted octanol–water partition coefficient (Wildman–Crippen LogP) is 1.41. The van der Waals surface area contributed by atoms with E-state index in [4.69, 9.17) is 0 Å². The third-order valence-corrected chi connectivity index (χ3v) is 4.53. The Morgan fingerprint density at radius 3 is 2.43 bits per heavy atom. The SMILES string of the molecule is Cc1csc(CCNC(=O)CN2C(=O)c3ccccc3C2=O)n1. The van der Waals surface area contributed by atoms with Gasteiger partial charge in [0.15, 0.2) is 0 Å². The number of hydrogen-bond acceptors (Lipinski definition) is 5. The van der Waals surface area contributed by atoms with Gasteiger partial charge >= 0.3 is 0 Å². The zero-order chi connectivity index (χ0) is 16.4. The van der Waals surface area contributed by atoms with Crippen LogP contribution < -0.4 is 5.32 Å². The lowest BCUT2D eigenvalue weighted by atomic mass is 10.1. The molecule has 3 amide bonds. The van der Waals surface area contributed by atoms with Gasteiger partial charge in [-0.2, -0.15) is 0 Å². The van der Waals surface area contributed by atoms with Gasteiger partial charge in [0.05, 0.1) is 16.1 Å². The number of aryl methyl sites for hydroxylation is 1. The summed E-state index contributed by atoms with van der Waals surface area (Å²) >= 11 is 1.55. The molecule has 1 N–H and O–H groups in total. The van der Waals surface area contributed by atoms with Crippen LogP contribution in [0.5, 0.6) is 0 Å². The molecule has 1 aliphatic rings. The van der Waals surface area contributed by atoms with Gasteiger partial charge in [0.2, 0.25) is 5.91 Å². The molecule has 2 aromatic rings. The molecule has 0 fully saturated rings. The Hall–Kier alpha value is -2.54. The highest BCUT2D eigenvalue weighted by Gasteiger charge is 2.36. The van der Waals surface area contributed by atoms with Gasteiger partial charge in [-0.3, -0.25) is 19.3 Å². The zero-order valence-corrected chi connectivity index (χ0v) is 13.4. The number of nitrogens with zero attached hydrogens (tertiary/aromatic N) is 2. The van der Waals surface area contributed by atoms with Crippen LogP contribution in [0.1, 0.15) is 31.4 Å². The van der Waals surface area contributed by atoms with Crippen LogP contribution in [0.2, 0.25) is 0 Å². The number of aromatic nitrogens is 1. The lowest BCUT2D eigenvalue weighted by Gasteiger charge is -2.13. The van der Waals surface area contributed by atoms with Crippen molar-refractivity contribution in [2.24, 2.45) is 0 Å². The first-order chi connectivity index (χ1) is 11.1. The van der Waals surface area contributed by atoms with E-state index in [0.29, 0.717) is 24.1 Å². The Labute approximate surface area is 137 Å². The number of thiazole rings is 1. The standard InChI is InChI=1S/C16H15N3O3S/c1-10-9-23-14(18-10)6-7-17-13(20)8-19-15(21)11-4-2-3-5-12(11)16(19)22/h2-5,9H,6-8H2,1H3,(H,17,20). The molecule has 7 heteroatoms. The second-order valence-electron chi connectivity index (χ2n) is 5.22. The van der Waals surface area contributed by atoms with Crippen LogP contribution in [-0.4, -0.2) is 40.7 Å². The Morgan fingerprint density at radius 2 is 1.87 bits per heavy atom. The third-order valence-electron chi connectivity index (χ3n) is 3.51. The lowest BCUT2D eigenvalue weighted by molar-refractivity contribution is -0.121. The maximum absolute atomic E-state index is 12.2. The third kappa shape index (κ3) is 3.14. The van der Waals surface area contributed by atoms with Gasteiger partial charge in [-0.25, -0.2) is 4.98 Å². The first-order valence-electron chi connectivity index (χ1n) is 7.19. The van der Waals surface area contributed by atoms with Crippen LogP contribution in [0.15, 0.2) is 29.6 Å². The fourth-order valence-corrected chi connectivity index (χ4v) is 3.18. The van der Waals surface area contributed by atoms with Gasteiger partial charge in [-0.1, -0.05) is 12.1 Å². The van der Waals surface area contributed by atoms with E-state index in [-0.39, 0.29) is 12.5 Å². The summed E-state index contributed by atoms with van der Waals surface area (Å²) in [6.45, 7) is 2.08. The highest BCUT2D eigenvalue weighted by atomic mass is 32.1. The summed E-state index contributed by atoms with van der Waals surface area (Å²) in [4.78, 5) is 41.6. The van der Waals surface area contributed by atoms with Gasteiger partial charge in [-0.05, 0) is 19.1 Å². The molecule has 1 aliphatic heterocycles. The highest BCUT2D eigenvalue weighted by molar-refractivity contribution is 7.09. The van der Waals surface area contributed by atoms with Gasteiger partial charge in [0.1, 0.15) is 6.54 Å². The first kappa shape index (κ1) is 15.4. The van der Waals surface area contributed by atoms with E-state index in [9.17, 15) is 14.4 Å². The molecular weight excluding hydrogens is 314 g/mol. The number of fused-ring (bicyclic) bond motifs is 1. The summed E-state index contributed by atoms with van der Waals surface area (Å²) in [6.07, 6.45) is 0.631. The monoisotopic (exact) mass is 329 g/mol. The Morgan fingerprint density at radius 1 is 1.22 bits per heavy atom. The molecule has 0 aliphatic carbocycles. The Bertz CT molecular complexity index is 749. The normalized spacial score (nSPS) is 13.3. The smallest absolute Gasteiger partial charge is 0.262 e. The zero-order valence-electron chi connectivity index (χ0n) is 12.5. The van der Waals surface area contributed by atoms with Crippen molar-refractivity contribution in [3.63, 3.8) is 0 Å². The summed E-state index contributed by atoms with van der Waals surface area (Å²) in [5.74, 6) is -1.19. The molecule has 0 radical (unpaired) electrons. The molecule has 23 heavy (non-hydrogen) atoms. The molecule has 1 aromatic carbocycles. The van der Waals surface area contributed by atoms with Crippen LogP contribution in [0, 0.1) is 6.92 Å². The number of benzene rings is 1. The fraction of sp³-hybridized carbons (Fsp3) is 0.250. The van der Waals surface area contributed by atoms with Crippen LogP contribution in [0.4, 0.5) is 0 Å². The van der Waals surface area contributed by atoms with Crippen LogP contribution in [0.3, 0.4) is 0 Å². The van der Waals surface area contributed by atoms with Crippen molar-refractivity contribution in [1.29, 1.82) is 0 Å². The minimum Gasteiger partial charge on any atom is -0.354 e. The van der Waals surface area contributed by atoms with E-state index in [2.05, 4.69) is 10.3 Å². The number of hydrogen-bond donors (Lipinski definition) is 1. The maximum atomic E-state index is 12.2. The van der Waals surface area contributed by atoms with E-state index in [1.54, 1.807) is 35.6 Å². The number of carbonyl (C=O) groups excluding carboxylic acids is 3. The molecule has 2 heterocycles. The number of carbonyl (C=O) groups is 3. The number of amides is 3. The van der Waals surface area contributed by atoms with Gasteiger partial charge in [0, 0.05) is 24.0 Å². The molecule has 3 rings (SSSR count). The summed E-state index contributed by atoms with van der Waals surface area (Å²) in [5, 5.41) is 5.62. The lowest BCUT2D eigenvalue weighted by Crippen LogP contribution is -2.40. The minimum absolute atomic E-state index is 0.261. The van der Waals surface area contributed by atoms with Crippen molar-refractivity contribution < 1.29 is 14.4 Å². The molecule has 0 saturated heterocycles. The predicted molar refractivity (Wildman–Crippen MR) is 85.4 cm³/mol. The van der Waals surface area contributed by atoms with E-state index >= 15 is 0 Å². The van der Waals surface area contributed by atoms with Crippen molar-refractivity contribution in [2.45, 2.75) is 13.3 Å². The second kappa shape index (κ2) is 6.29. The van der Waals surface area contributed by atoms with Crippen molar-refractivity contribution in [1.82, 2.24) is 15.2 Å². The average molecular weight is 329 g/mol. The van der Waals surface area contributed by atoms with E-state index in [1.807, 2.05) is 12.3 Å². The molecule has 0 unspecified atom stereocenters. The molecule has 1 aromatic heterocycles. The Balaban J connectivity index is 1.54. The van der Waals surface area contributed by atoms with Crippen molar-refractivity contribution in [2.75, 3.05) is 13.1 Å². The van der Waals surface area contributed by atoms with E-state index in [0.717, 1.165) is 15.6 Å². The summed E-state index contributed by atoms with van der Waals surface area (Å²) in [7, 11) is 0. The van der Waals surface area contributed by atoms with Crippen molar-refractivity contribution in [3.8, 4) is 0 Å². The number of nitrogens with one attached hydrogen (secondary N) is 1. The molecule has 118 valence electrons. The fourth-order valence-electron chi connectivity index (χ4n) is 2.41. The largest absolute Gasteiger partial charge is 0.354 e. The molecule has 0 saturated carbocycles. The van der Waals surface area contributed by atoms with Gasteiger partial charge in [-0.15, -0.1) is 11.3 Å². The molecule has 0 spiro atoms. The van der Waals surface area contributed by atoms with Crippen LogP contribution in [-0.2, 0) is 11.2 Å². The summed E-state index contributed by atoms with van der Waals surface area (Å²) in [6, 6.07) is 6.59. The molecule has 0 atom stereocenters. The summed E-state index contributed by atoms with van der Waals surface area (Å²) < 4.78 is 0. The van der Waals surface area contributed by atoms with E-state index < -0.39 is 11.8 Å². The van der Waals surface area contributed by atoms with Crippen LogP contribution in [0.25, 0.3) is 0 Å². The maximum Gasteiger partial charge on any atom is 0.262 e. The highest BCUT2D eigenvalue weighted by Crippen LogP contribution is 2.21. The molecule has 6 nitrogen and oxygen atoms in total. The quantitative estimate of drug-likeness (QED) is 0.841. The van der Waals surface area contributed by atoms with Crippen LogP contribution >= 0.6 is 11.3 Å². The van der Waals surface area contributed by atoms with Crippen molar-refractivity contribution >= 4 is 29.1 Å². The van der Waals surface area contributed by atoms with Crippen molar-refractivity contribution in [3.05, 3.63) is 51.5 Å².